The van der Waals surface area contributed by atoms with Crippen molar-refractivity contribution >= 4 is 16.9 Å². The van der Waals surface area contributed by atoms with Gasteiger partial charge in [0.15, 0.2) is 11.5 Å². The van der Waals surface area contributed by atoms with Gasteiger partial charge in [-0.3, -0.25) is 4.79 Å². The van der Waals surface area contributed by atoms with E-state index in [0.29, 0.717) is 36.1 Å². The number of nitrogens with one attached hydrogen (secondary N) is 1. The second-order valence-corrected chi connectivity index (χ2v) is 8.25. The molecule has 0 fully saturated rings. The zero-order valence-corrected chi connectivity index (χ0v) is 19.5. The Kier molecular flexibility index (Phi) is 6.63. The Morgan fingerprint density at radius 3 is 2.39 bits per heavy atom. The third-order valence-electron chi connectivity index (χ3n) is 5.77. The number of hydrogen-bond donors (Lipinski definition) is 1. The van der Waals surface area contributed by atoms with Gasteiger partial charge in [-0.25, -0.2) is 4.98 Å². The summed E-state index contributed by atoms with van der Waals surface area (Å²) in [6.07, 6.45) is 0. The van der Waals surface area contributed by atoms with Gasteiger partial charge < -0.3 is 19.4 Å². The number of nitrogens with zero attached hydrogens (tertiary/aromatic N) is 2. The zero-order valence-electron chi connectivity index (χ0n) is 19.5. The first-order valence-electron chi connectivity index (χ1n) is 11.0. The summed E-state index contributed by atoms with van der Waals surface area (Å²) in [5.41, 5.74) is 4.96. The summed E-state index contributed by atoms with van der Waals surface area (Å²) in [7, 11) is 3.12. The molecule has 1 aromatic heterocycles. The van der Waals surface area contributed by atoms with Gasteiger partial charge in [-0.15, -0.1) is 0 Å². The molecule has 170 valence electrons. The van der Waals surface area contributed by atoms with Crippen LogP contribution in [0.4, 0.5) is 0 Å². The summed E-state index contributed by atoms with van der Waals surface area (Å²) in [6.45, 7) is 5.38. The zero-order chi connectivity index (χ0) is 23.4. The Bertz CT molecular complexity index is 1260. The van der Waals surface area contributed by atoms with Crippen LogP contribution < -0.4 is 14.8 Å². The number of carbonyl (C=O) groups excluding carboxylic acids is 1. The molecule has 0 aliphatic carbocycles. The van der Waals surface area contributed by atoms with Crippen molar-refractivity contribution in [2.75, 3.05) is 14.2 Å². The van der Waals surface area contributed by atoms with E-state index >= 15 is 0 Å². The number of benzene rings is 3. The highest BCUT2D eigenvalue weighted by Crippen LogP contribution is 2.27. The Morgan fingerprint density at radius 1 is 0.970 bits per heavy atom. The van der Waals surface area contributed by atoms with E-state index < -0.39 is 0 Å². The van der Waals surface area contributed by atoms with Crippen LogP contribution in [0.1, 0.15) is 47.1 Å². The number of aromatic nitrogens is 2. The first-order valence-corrected chi connectivity index (χ1v) is 11.0. The minimum Gasteiger partial charge on any atom is -0.493 e. The maximum Gasteiger partial charge on any atom is 0.251 e. The number of rotatable bonds is 8. The molecular formula is C27H29N3O3. The molecule has 0 aliphatic heterocycles. The standard InChI is InChI=1S/C27H29N3O3/c1-18(2)20-11-9-19(10-12-20)17-30-23-8-6-5-7-22(23)29-26(30)16-28-27(31)21-13-14-24(32-3)25(15-21)33-4/h5-15,18H,16-17H2,1-4H3,(H,28,31). The number of imidazole rings is 1. The van der Waals surface area contributed by atoms with Crippen molar-refractivity contribution in [1.82, 2.24) is 14.9 Å². The summed E-state index contributed by atoms with van der Waals surface area (Å²) < 4.78 is 12.7. The largest absolute Gasteiger partial charge is 0.493 e. The first kappa shape index (κ1) is 22.4. The minimum absolute atomic E-state index is 0.198. The maximum absolute atomic E-state index is 12.8. The van der Waals surface area contributed by atoms with E-state index in [0.717, 1.165) is 16.9 Å². The van der Waals surface area contributed by atoms with Crippen LogP contribution >= 0.6 is 0 Å². The lowest BCUT2D eigenvalue weighted by atomic mass is 10.0. The third kappa shape index (κ3) is 4.85. The SMILES string of the molecule is COc1ccc(C(=O)NCc2nc3ccccc3n2Cc2ccc(C(C)C)cc2)cc1OC. The number of methoxy groups -OCH3 is 2. The third-order valence-corrected chi connectivity index (χ3v) is 5.77. The van der Waals surface area contributed by atoms with Crippen LogP contribution in [0.2, 0.25) is 0 Å². The number of amides is 1. The topological polar surface area (TPSA) is 65.4 Å². The summed E-state index contributed by atoms with van der Waals surface area (Å²) in [5, 5.41) is 3.00. The fourth-order valence-electron chi connectivity index (χ4n) is 3.87. The smallest absolute Gasteiger partial charge is 0.251 e. The summed E-state index contributed by atoms with van der Waals surface area (Å²) in [4.78, 5) is 17.6. The molecule has 1 heterocycles. The van der Waals surface area contributed by atoms with Gasteiger partial charge >= 0.3 is 0 Å². The van der Waals surface area contributed by atoms with E-state index in [1.165, 1.54) is 11.1 Å². The predicted octanol–water partition coefficient (Wildman–Crippen LogP) is 5.16. The van der Waals surface area contributed by atoms with Crippen molar-refractivity contribution in [2.45, 2.75) is 32.9 Å². The number of carbonyl (C=O) groups is 1. The molecule has 0 radical (unpaired) electrons. The van der Waals surface area contributed by atoms with Crippen LogP contribution in [-0.4, -0.2) is 29.7 Å². The molecule has 3 aromatic carbocycles. The maximum atomic E-state index is 12.8. The van der Waals surface area contributed by atoms with Crippen LogP contribution in [0.15, 0.2) is 66.7 Å². The van der Waals surface area contributed by atoms with Gasteiger partial charge in [-0.2, -0.15) is 0 Å². The molecule has 0 aliphatic rings. The molecule has 33 heavy (non-hydrogen) atoms. The quantitative estimate of drug-likeness (QED) is 0.409. The van der Waals surface area contributed by atoms with E-state index in [4.69, 9.17) is 14.5 Å². The number of hydrogen-bond acceptors (Lipinski definition) is 4. The van der Waals surface area contributed by atoms with Gasteiger partial charge in [-0.05, 0) is 47.4 Å². The van der Waals surface area contributed by atoms with Crippen molar-refractivity contribution in [3.05, 3.63) is 89.2 Å². The van der Waals surface area contributed by atoms with E-state index in [1.807, 2.05) is 18.2 Å². The molecule has 0 saturated heterocycles. The van der Waals surface area contributed by atoms with E-state index in [1.54, 1.807) is 32.4 Å². The Labute approximate surface area is 194 Å². The van der Waals surface area contributed by atoms with E-state index in [-0.39, 0.29) is 5.91 Å². The molecule has 4 aromatic rings. The Morgan fingerprint density at radius 2 is 1.70 bits per heavy atom. The van der Waals surface area contributed by atoms with Gasteiger partial charge in [0.05, 0.1) is 31.8 Å². The number of para-hydroxylation sites is 2. The molecule has 0 unspecified atom stereocenters. The van der Waals surface area contributed by atoms with Gasteiger partial charge in [0, 0.05) is 12.1 Å². The molecule has 0 atom stereocenters. The lowest BCUT2D eigenvalue weighted by Gasteiger charge is -2.13. The minimum atomic E-state index is -0.198. The first-order chi connectivity index (χ1) is 16.0. The average Bonchev–Trinajstić information content (AvgIpc) is 3.19. The molecule has 6 heteroatoms. The van der Waals surface area contributed by atoms with Gasteiger partial charge in [0.2, 0.25) is 0 Å². The average molecular weight is 444 g/mol. The molecule has 1 amide bonds. The van der Waals surface area contributed by atoms with E-state index in [2.05, 4.69) is 54.1 Å². The van der Waals surface area contributed by atoms with Crippen LogP contribution in [0.3, 0.4) is 0 Å². The van der Waals surface area contributed by atoms with Crippen molar-refractivity contribution in [3.63, 3.8) is 0 Å². The highest BCUT2D eigenvalue weighted by Gasteiger charge is 2.15. The molecule has 4 rings (SSSR count). The molecular weight excluding hydrogens is 414 g/mol. The Balaban J connectivity index is 1.57. The van der Waals surface area contributed by atoms with Crippen molar-refractivity contribution in [3.8, 4) is 11.5 Å². The van der Waals surface area contributed by atoms with Crippen LogP contribution in [0.5, 0.6) is 11.5 Å². The highest BCUT2D eigenvalue weighted by molar-refractivity contribution is 5.94. The molecule has 0 spiro atoms. The van der Waals surface area contributed by atoms with Crippen molar-refractivity contribution < 1.29 is 14.3 Å². The van der Waals surface area contributed by atoms with Crippen LogP contribution in [0, 0.1) is 0 Å². The van der Waals surface area contributed by atoms with Crippen molar-refractivity contribution in [1.29, 1.82) is 0 Å². The van der Waals surface area contributed by atoms with Crippen molar-refractivity contribution in [2.24, 2.45) is 0 Å². The Hall–Kier alpha value is -3.80. The fraction of sp³-hybridized carbons (Fsp3) is 0.259. The highest BCUT2D eigenvalue weighted by atomic mass is 16.5. The van der Waals surface area contributed by atoms with Crippen LogP contribution in [0.25, 0.3) is 11.0 Å². The second-order valence-electron chi connectivity index (χ2n) is 8.25. The lowest BCUT2D eigenvalue weighted by molar-refractivity contribution is 0.0949. The summed E-state index contributed by atoms with van der Waals surface area (Å²) >= 11 is 0. The monoisotopic (exact) mass is 443 g/mol. The normalized spacial score (nSPS) is 11.1. The molecule has 1 N–H and O–H groups in total. The van der Waals surface area contributed by atoms with Gasteiger partial charge in [-0.1, -0.05) is 50.2 Å². The molecule has 6 nitrogen and oxygen atoms in total. The molecule has 0 saturated carbocycles. The second kappa shape index (κ2) is 9.77. The van der Waals surface area contributed by atoms with Gasteiger partial charge in [0.25, 0.3) is 5.91 Å². The fourth-order valence-corrected chi connectivity index (χ4v) is 3.87. The van der Waals surface area contributed by atoms with Crippen LogP contribution in [-0.2, 0) is 13.1 Å². The van der Waals surface area contributed by atoms with E-state index in [9.17, 15) is 4.79 Å². The number of fused-ring (bicyclic) bond motifs is 1. The lowest BCUT2D eigenvalue weighted by Crippen LogP contribution is -2.25. The molecule has 0 bridgehead atoms. The summed E-state index contributed by atoms with van der Waals surface area (Å²) in [5.74, 6) is 2.20. The van der Waals surface area contributed by atoms with Gasteiger partial charge in [0.1, 0.15) is 5.82 Å². The predicted molar refractivity (Wildman–Crippen MR) is 130 cm³/mol. The summed E-state index contributed by atoms with van der Waals surface area (Å²) in [6, 6.07) is 21.8. The number of ether oxygens (including phenoxy) is 2.